The number of hydrogen-bond acceptors (Lipinski definition) is 4. The lowest BCUT2D eigenvalue weighted by Crippen LogP contribution is -2.33. The molecule has 0 aliphatic heterocycles. The first kappa shape index (κ1) is 12.9. The molecular weight excluding hydrogens is 228 g/mol. The van der Waals surface area contributed by atoms with Gasteiger partial charge in [0.25, 0.3) is 0 Å². The molecule has 1 fully saturated rings. The van der Waals surface area contributed by atoms with Gasteiger partial charge in [0.05, 0.1) is 5.60 Å². The second kappa shape index (κ2) is 4.98. The lowest BCUT2D eigenvalue weighted by atomic mass is 10.0. The van der Waals surface area contributed by atoms with Crippen molar-refractivity contribution in [2.75, 3.05) is 17.6 Å². The van der Waals surface area contributed by atoms with Crippen molar-refractivity contribution >= 4 is 17.2 Å². The van der Waals surface area contributed by atoms with E-state index in [1.807, 2.05) is 6.07 Å². The molecule has 1 aromatic carbocycles. The molecule has 0 spiro atoms. The first-order valence-electron chi connectivity index (χ1n) is 6.37. The van der Waals surface area contributed by atoms with Crippen LogP contribution in [-0.4, -0.2) is 23.0 Å². The number of nitrogens with one attached hydrogen (secondary N) is 1. The summed E-state index contributed by atoms with van der Waals surface area (Å²) in [5.41, 5.74) is 7.09. The van der Waals surface area contributed by atoms with Gasteiger partial charge in [-0.25, -0.2) is 0 Å². The normalized spacial score (nSPS) is 17.7. The molecule has 2 rings (SSSR count). The molecule has 1 aromatic rings. The average molecular weight is 248 g/mol. The molecule has 0 radical (unpaired) electrons. The Morgan fingerprint density at radius 3 is 2.67 bits per heavy atom. The monoisotopic (exact) mass is 248 g/mol. The van der Waals surface area contributed by atoms with E-state index in [2.05, 4.69) is 5.32 Å². The molecule has 0 bridgehead atoms. The molecular formula is C14H20N2O2. The van der Waals surface area contributed by atoms with Crippen molar-refractivity contribution in [3.63, 3.8) is 0 Å². The SMILES string of the molecule is CC(=O)c1ccc(NCC2(O)CCCC2)cc1N. The van der Waals surface area contributed by atoms with E-state index in [-0.39, 0.29) is 5.78 Å². The highest BCUT2D eigenvalue weighted by Crippen LogP contribution is 2.30. The Kier molecular flexibility index (Phi) is 3.57. The summed E-state index contributed by atoms with van der Waals surface area (Å²) < 4.78 is 0. The maximum absolute atomic E-state index is 11.3. The van der Waals surface area contributed by atoms with Gasteiger partial charge in [-0.2, -0.15) is 0 Å². The van der Waals surface area contributed by atoms with E-state index in [0.717, 1.165) is 31.4 Å². The van der Waals surface area contributed by atoms with Gasteiger partial charge in [0.1, 0.15) is 0 Å². The molecule has 0 aromatic heterocycles. The predicted molar refractivity (Wildman–Crippen MR) is 72.8 cm³/mol. The van der Waals surface area contributed by atoms with Crippen LogP contribution < -0.4 is 11.1 Å². The van der Waals surface area contributed by atoms with Gasteiger partial charge < -0.3 is 16.2 Å². The zero-order valence-corrected chi connectivity index (χ0v) is 10.7. The van der Waals surface area contributed by atoms with Crippen LogP contribution in [0.3, 0.4) is 0 Å². The number of anilines is 2. The van der Waals surface area contributed by atoms with Crippen LogP contribution in [0.2, 0.25) is 0 Å². The standard InChI is InChI=1S/C14H20N2O2/c1-10(17)12-5-4-11(8-13(12)15)16-9-14(18)6-2-3-7-14/h4-5,8,16,18H,2-3,6-7,9,15H2,1H3. The van der Waals surface area contributed by atoms with Crippen LogP contribution >= 0.6 is 0 Å². The summed E-state index contributed by atoms with van der Waals surface area (Å²) in [6, 6.07) is 5.29. The number of carbonyl (C=O) groups is 1. The molecule has 1 aliphatic rings. The Bertz CT molecular complexity index is 451. The number of carbonyl (C=O) groups excluding carboxylic acids is 1. The van der Waals surface area contributed by atoms with E-state index in [0.29, 0.717) is 17.8 Å². The van der Waals surface area contributed by atoms with Gasteiger partial charge in [0.15, 0.2) is 5.78 Å². The van der Waals surface area contributed by atoms with Gasteiger partial charge in [-0.1, -0.05) is 12.8 Å². The zero-order chi connectivity index (χ0) is 13.2. The number of nitrogens with two attached hydrogens (primary N) is 1. The highest BCUT2D eigenvalue weighted by atomic mass is 16.3. The van der Waals surface area contributed by atoms with Crippen molar-refractivity contribution in [2.45, 2.75) is 38.2 Å². The van der Waals surface area contributed by atoms with Crippen molar-refractivity contribution in [1.82, 2.24) is 0 Å². The summed E-state index contributed by atoms with van der Waals surface area (Å²) in [5.74, 6) is -0.0338. The molecule has 0 saturated heterocycles. The van der Waals surface area contributed by atoms with E-state index < -0.39 is 5.60 Å². The Labute approximate surface area is 107 Å². The Hall–Kier alpha value is -1.55. The van der Waals surface area contributed by atoms with E-state index >= 15 is 0 Å². The molecule has 0 atom stereocenters. The highest BCUT2D eigenvalue weighted by Gasteiger charge is 2.30. The van der Waals surface area contributed by atoms with Crippen LogP contribution in [0.4, 0.5) is 11.4 Å². The zero-order valence-electron chi connectivity index (χ0n) is 10.7. The fourth-order valence-corrected chi connectivity index (χ4v) is 2.47. The summed E-state index contributed by atoms with van der Waals surface area (Å²) in [5, 5.41) is 13.4. The summed E-state index contributed by atoms with van der Waals surface area (Å²) in [6.07, 6.45) is 3.87. The van der Waals surface area contributed by atoms with Gasteiger partial charge in [-0.15, -0.1) is 0 Å². The fourth-order valence-electron chi connectivity index (χ4n) is 2.47. The quantitative estimate of drug-likeness (QED) is 0.564. The maximum Gasteiger partial charge on any atom is 0.161 e. The fraction of sp³-hybridized carbons (Fsp3) is 0.500. The third-order valence-corrected chi connectivity index (χ3v) is 3.59. The first-order chi connectivity index (χ1) is 8.50. The van der Waals surface area contributed by atoms with E-state index in [9.17, 15) is 9.90 Å². The molecule has 4 nitrogen and oxygen atoms in total. The third-order valence-electron chi connectivity index (χ3n) is 3.59. The minimum Gasteiger partial charge on any atom is -0.398 e. The number of ketones is 1. The number of benzene rings is 1. The van der Waals surface area contributed by atoms with E-state index in [4.69, 9.17) is 5.73 Å². The van der Waals surface area contributed by atoms with E-state index in [1.165, 1.54) is 6.92 Å². The number of aliphatic hydroxyl groups is 1. The lowest BCUT2D eigenvalue weighted by Gasteiger charge is -2.23. The summed E-state index contributed by atoms with van der Waals surface area (Å²) in [4.78, 5) is 11.3. The predicted octanol–water partition coefficient (Wildman–Crippen LogP) is 2.19. The molecule has 4 N–H and O–H groups in total. The number of nitrogen functional groups attached to an aromatic ring is 1. The Balaban J connectivity index is 2.02. The molecule has 98 valence electrons. The molecule has 0 unspecified atom stereocenters. The second-order valence-corrected chi connectivity index (χ2v) is 5.14. The van der Waals surface area contributed by atoms with Crippen LogP contribution in [0.15, 0.2) is 18.2 Å². The van der Waals surface area contributed by atoms with Crippen molar-refractivity contribution in [2.24, 2.45) is 0 Å². The summed E-state index contributed by atoms with van der Waals surface area (Å²) >= 11 is 0. The average Bonchev–Trinajstić information content (AvgIpc) is 2.74. The number of hydrogen-bond donors (Lipinski definition) is 3. The van der Waals surface area contributed by atoms with Crippen molar-refractivity contribution in [3.8, 4) is 0 Å². The van der Waals surface area contributed by atoms with Crippen molar-refractivity contribution in [1.29, 1.82) is 0 Å². The molecule has 1 aliphatic carbocycles. The Morgan fingerprint density at radius 1 is 1.44 bits per heavy atom. The van der Waals surface area contributed by atoms with Crippen LogP contribution in [0.5, 0.6) is 0 Å². The van der Waals surface area contributed by atoms with Gasteiger partial charge in [-0.3, -0.25) is 4.79 Å². The van der Waals surface area contributed by atoms with E-state index in [1.54, 1.807) is 12.1 Å². The summed E-state index contributed by atoms with van der Waals surface area (Å²) in [6.45, 7) is 2.03. The maximum atomic E-state index is 11.3. The molecule has 1 saturated carbocycles. The van der Waals surface area contributed by atoms with Crippen LogP contribution in [-0.2, 0) is 0 Å². The molecule has 18 heavy (non-hydrogen) atoms. The third kappa shape index (κ3) is 2.82. The van der Waals surface area contributed by atoms with Gasteiger partial charge in [-0.05, 0) is 38.0 Å². The van der Waals surface area contributed by atoms with Gasteiger partial charge in [0, 0.05) is 23.5 Å². The Morgan fingerprint density at radius 2 is 2.11 bits per heavy atom. The minimum absolute atomic E-state index is 0.0338. The largest absolute Gasteiger partial charge is 0.398 e. The van der Waals surface area contributed by atoms with Crippen LogP contribution in [0, 0.1) is 0 Å². The molecule has 0 amide bonds. The highest BCUT2D eigenvalue weighted by molar-refractivity contribution is 5.99. The van der Waals surface area contributed by atoms with Gasteiger partial charge >= 0.3 is 0 Å². The lowest BCUT2D eigenvalue weighted by molar-refractivity contribution is 0.0614. The topological polar surface area (TPSA) is 75.3 Å². The van der Waals surface area contributed by atoms with Crippen LogP contribution in [0.25, 0.3) is 0 Å². The smallest absolute Gasteiger partial charge is 0.161 e. The van der Waals surface area contributed by atoms with Gasteiger partial charge in [0.2, 0.25) is 0 Å². The summed E-state index contributed by atoms with van der Waals surface area (Å²) in [7, 11) is 0. The van der Waals surface area contributed by atoms with Crippen molar-refractivity contribution in [3.05, 3.63) is 23.8 Å². The second-order valence-electron chi connectivity index (χ2n) is 5.14. The minimum atomic E-state index is -0.589. The van der Waals surface area contributed by atoms with Crippen molar-refractivity contribution < 1.29 is 9.90 Å². The molecule has 0 heterocycles. The first-order valence-corrected chi connectivity index (χ1v) is 6.37. The van der Waals surface area contributed by atoms with Crippen LogP contribution in [0.1, 0.15) is 43.0 Å². The molecule has 4 heteroatoms. The number of rotatable bonds is 4. The number of Topliss-reactive ketones (excluding diaryl/α,β-unsaturated/α-hetero) is 1.